The van der Waals surface area contributed by atoms with Gasteiger partial charge in [0.25, 0.3) is 0 Å². The summed E-state index contributed by atoms with van der Waals surface area (Å²) >= 11 is 1.02. The molecule has 2 heterocycles. The fourth-order valence-corrected chi connectivity index (χ4v) is 4.37. The molecular weight excluding hydrogens is 308 g/mol. The van der Waals surface area contributed by atoms with Gasteiger partial charge < -0.3 is 5.73 Å². The van der Waals surface area contributed by atoms with Crippen LogP contribution >= 0.6 is 24.1 Å². The summed E-state index contributed by atoms with van der Waals surface area (Å²) in [6.07, 6.45) is 0.699. The maximum atomic E-state index is 12.5. The van der Waals surface area contributed by atoms with E-state index in [1.165, 1.54) is 4.31 Å². The Kier molecular flexibility index (Phi) is 4.07. The molecule has 1 saturated heterocycles. The van der Waals surface area contributed by atoms with Crippen LogP contribution in [0.15, 0.2) is 23.1 Å². The molecule has 0 unspecified atom stereocenters. The lowest BCUT2D eigenvalue weighted by atomic mass is 10.3. The molecule has 1 atom stereocenters. The van der Waals surface area contributed by atoms with Crippen molar-refractivity contribution in [1.82, 2.24) is 13.1 Å². The zero-order valence-corrected chi connectivity index (χ0v) is 12.3. The summed E-state index contributed by atoms with van der Waals surface area (Å²) in [6, 6.07) is 4.94. The quantitative estimate of drug-likeness (QED) is 0.885. The fraction of sp³-hybridized carbons (Fsp3) is 0.400. The second-order valence-corrected chi connectivity index (χ2v) is 6.73. The molecule has 1 aromatic carbocycles. The largest absolute Gasteiger partial charge is 0.326 e. The number of rotatable bonds is 2. The Bertz CT molecular complexity index is 688. The molecule has 1 fully saturated rings. The number of nitrogens with two attached hydrogens (primary N) is 1. The number of hydrogen-bond acceptors (Lipinski definition) is 6. The molecule has 0 radical (unpaired) electrons. The van der Waals surface area contributed by atoms with Crippen LogP contribution in [0.3, 0.4) is 0 Å². The van der Waals surface area contributed by atoms with Crippen LogP contribution in [-0.2, 0) is 10.0 Å². The maximum Gasteiger partial charge on any atom is 0.245 e. The van der Waals surface area contributed by atoms with Crippen LogP contribution in [0.25, 0.3) is 11.0 Å². The van der Waals surface area contributed by atoms with E-state index in [-0.39, 0.29) is 23.3 Å². The van der Waals surface area contributed by atoms with E-state index in [0.717, 1.165) is 11.7 Å². The van der Waals surface area contributed by atoms with Crippen molar-refractivity contribution in [1.29, 1.82) is 0 Å². The van der Waals surface area contributed by atoms with Crippen molar-refractivity contribution in [3.8, 4) is 0 Å². The lowest BCUT2D eigenvalue weighted by Gasteiger charge is -2.15. The highest BCUT2D eigenvalue weighted by molar-refractivity contribution is 7.89. The summed E-state index contributed by atoms with van der Waals surface area (Å²) in [5, 5.41) is 0. The molecule has 104 valence electrons. The highest BCUT2D eigenvalue weighted by Crippen LogP contribution is 2.26. The molecule has 0 saturated carbocycles. The molecule has 0 amide bonds. The van der Waals surface area contributed by atoms with Crippen LogP contribution in [0.1, 0.15) is 6.42 Å². The summed E-state index contributed by atoms with van der Waals surface area (Å²) in [4.78, 5) is 0.225. The van der Waals surface area contributed by atoms with E-state index in [9.17, 15) is 8.42 Å². The smallest absolute Gasteiger partial charge is 0.245 e. The third-order valence-electron chi connectivity index (χ3n) is 3.05. The molecule has 0 bridgehead atoms. The van der Waals surface area contributed by atoms with Gasteiger partial charge in [-0.2, -0.15) is 13.1 Å². The van der Waals surface area contributed by atoms with Crippen LogP contribution in [0.2, 0.25) is 0 Å². The number of nitrogens with zero attached hydrogens (tertiary/aromatic N) is 3. The predicted molar refractivity (Wildman–Crippen MR) is 76.0 cm³/mol. The first-order valence-electron chi connectivity index (χ1n) is 5.56. The third kappa shape index (κ3) is 2.46. The molecule has 2 N–H and O–H groups in total. The molecule has 9 heteroatoms. The van der Waals surface area contributed by atoms with Crippen LogP contribution < -0.4 is 5.73 Å². The van der Waals surface area contributed by atoms with Crippen molar-refractivity contribution in [2.45, 2.75) is 17.4 Å². The summed E-state index contributed by atoms with van der Waals surface area (Å²) in [5.41, 5.74) is 6.82. The SMILES string of the molecule is Cl.N[C@H]1CCN(S(=O)(=O)c2cccc3nsnc23)C1. The van der Waals surface area contributed by atoms with Gasteiger partial charge in [0, 0.05) is 19.1 Å². The first-order valence-corrected chi connectivity index (χ1v) is 7.73. The molecule has 6 nitrogen and oxygen atoms in total. The molecule has 0 spiro atoms. The Hall–Kier alpha value is -0.800. The zero-order valence-electron chi connectivity index (χ0n) is 9.89. The minimum Gasteiger partial charge on any atom is -0.326 e. The lowest BCUT2D eigenvalue weighted by Crippen LogP contribution is -2.32. The van der Waals surface area contributed by atoms with Crippen LogP contribution in [-0.4, -0.2) is 40.6 Å². The topological polar surface area (TPSA) is 89.2 Å². The molecule has 2 aromatic rings. The summed E-state index contributed by atoms with van der Waals surface area (Å²) in [5.74, 6) is 0. The second kappa shape index (κ2) is 5.29. The molecule has 1 aliphatic heterocycles. The molecule has 1 aliphatic rings. The maximum absolute atomic E-state index is 12.5. The number of benzene rings is 1. The van der Waals surface area contributed by atoms with Crippen molar-refractivity contribution in [2.24, 2.45) is 5.73 Å². The summed E-state index contributed by atoms with van der Waals surface area (Å²) < 4.78 is 34.5. The molecule has 0 aliphatic carbocycles. The Balaban J connectivity index is 0.00000133. The van der Waals surface area contributed by atoms with Crippen molar-refractivity contribution in [3.05, 3.63) is 18.2 Å². The predicted octanol–water partition coefficient (Wildman–Crippen LogP) is 0.835. The van der Waals surface area contributed by atoms with E-state index in [2.05, 4.69) is 8.75 Å². The van der Waals surface area contributed by atoms with Gasteiger partial charge in [-0.25, -0.2) is 8.42 Å². The van der Waals surface area contributed by atoms with Crippen molar-refractivity contribution in [3.63, 3.8) is 0 Å². The molecule has 3 rings (SSSR count). The van der Waals surface area contributed by atoms with Crippen LogP contribution in [0.5, 0.6) is 0 Å². The van der Waals surface area contributed by atoms with Crippen molar-refractivity contribution >= 4 is 45.2 Å². The van der Waals surface area contributed by atoms with Crippen molar-refractivity contribution < 1.29 is 8.42 Å². The summed E-state index contributed by atoms with van der Waals surface area (Å²) in [6.45, 7) is 0.841. The van der Waals surface area contributed by atoms with Gasteiger partial charge in [0.2, 0.25) is 10.0 Å². The van der Waals surface area contributed by atoms with Crippen LogP contribution in [0.4, 0.5) is 0 Å². The van der Waals surface area contributed by atoms with E-state index in [1.807, 2.05) is 0 Å². The van der Waals surface area contributed by atoms with Gasteiger partial charge in [0.05, 0.1) is 11.7 Å². The molecular formula is C10H13ClN4O2S2. The zero-order chi connectivity index (χ0) is 12.8. The van der Waals surface area contributed by atoms with Gasteiger partial charge in [0.15, 0.2) is 0 Å². The van der Waals surface area contributed by atoms with Crippen LogP contribution in [0, 0.1) is 0 Å². The summed E-state index contributed by atoms with van der Waals surface area (Å²) in [7, 11) is -3.51. The van der Waals surface area contributed by atoms with E-state index in [4.69, 9.17) is 5.73 Å². The Labute approximate surface area is 121 Å². The number of fused-ring (bicyclic) bond motifs is 1. The van der Waals surface area contributed by atoms with Gasteiger partial charge in [-0.3, -0.25) is 0 Å². The third-order valence-corrected chi connectivity index (χ3v) is 5.49. The Morgan fingerprint density at radius 1 is 1.37 bits per heavy atom. The van der Waals surface area contributed by atoms with E-state index in [1.54, 1.807) is 18.2 Å². The van der Waals surface area contributed by atoms with Gasteiger partial charge in [-0.1, -0.05) is 6.07 Å². The minimum atomic E-state index is -3.51. The minimum absolute atomic E-state index is 0. The number of halogens is 1. The van der Waals surface area contributed by atoms with Gasteiger partial charge in [0.1, 0.15) is 15.9 Å². The first kappa shape index (κ1) is 14.6. The van der Waals surface area contributed by atoms with Gasteiger partial charge in [-0.15, -0.1) is 12.4 Å². The number of sulfonamides is 1. The lowest BCUT2D eigenvalue weighted by molar-refractivity contribution is 0.473. The number of aromatic nitrogens is 2. The number of hydrogen-bond donors (Lipinski definition) is 1. The Morgan fingerprint density at radius 2 is 2.16 bits per heavy atom. The fourth-order valence-electron chi connectivity index (χ4n) is 2.10. The van der Waals surface area contributed by atoms with E-state index in [0.29, 0.717) is 30.5 Å². The van der Waals surface area contributed by atoms with E-state index < -0.39 is 10.0 Å². The van der Waals surface area contributed by atoms with Gasteiger partial charge >= 0.3 is 0 Å². The van der Waals surface area contributed by atoms with Gasteiger partial charge in [-0.05, 0) is 18.6 Å². The standard InChI is InChI=1S/C10H12N4O2S2.ClH/c11-7-4-5-14(6-7)18(15,16)9-3-1-2-8-10(9)13-17-12-8;/h1-3,7H,4-6,11H2;1H/t7-;/m0./s1. The average Bonchev–Trinajstić information content (AvgIpc) is 2.96. The highest BCUT2D eigenvalue weighted by Gasteiger charge is 2.32. The molecule has 1 aromatic heterocycles. The van der Waals surface area contributed by atoms with Crippen molar-refractivity contribution in [2.75, 3.05) is 13.1 Å². The first-order chi connectivity index (χ1) is 8.59. The normalized spacial score (nSPS) is 20.6. The van der Waals surface area contributed by atoms with E-state index >= 15 is 0 Å². The Morgan fingerprint density at radius 3 is 2.84 bits per heavy atom. The second-order valence-electron chi connectivity index (χ2n) is 4.30. The monoisotopic (exact) mass is 320 g/mol. The average molecular weight is 321 g/mol. The highest BCUT2D eigenvalue weighted by atomic mass is 35.5. The molecule has 19 heavy (non-hydrogen) atoms.